The second-order valence-electron chi connectivity index (χ2n) is 7.12. The summed E-state index contributed by atoms with van der Waals surface area (Å²) in [5, 5.41) is 5.56. The summed E-state index contributed by atoms with van der Waals surface area (Å²) >= 11 is 5.23. The molecule has 3 nitrogen and oxygen atoms in total. The lowest BCUT2D eigenvalue weighted by Gasteiger charge is -2.19. The lowest BCUT2D eigenvalue weighted by Crippen LogP contribution is -2.28. The molecule has 0 aliphatic carbocycles. The van der Waals surface area contributed by atoms with Crippen molar-refractivity contribution >= 4 is 11.6 Å². The van der Waals surface area contributed by atoms with E-state index in [9.17, 15) is 18.8 Å². The number of rotatable bonds is 4. The SMILES string of the molecule is Cc1cccc(-c2cc(C(F)(F)Cl)c(C#N)c(=O)n2Cc2ccc(C)cc2C)c1. The molecule has 1 heterocycles. The fraction of sp³-hybridized carbons (Fsp3) is 0.217. The van der Waals surface area contributed by atoms with Gasteiger partial charge in [-0.15, -0.1) is 0 Å². The van der Waals surface area contributed by atoms with Gasteiger partial charge in [0.25, 0.3) is 5.56 Å². The van der Waals surface area contributed by atoms with Gasteiger partial charge in [-0.25, -0.2) is 0 Å². The average molecular weight is 413 g/mol. The molecule has 0 radical (unpaired) electrons. The first kappa shape index (κ1) is 20.8. The number of halogens is 3. The van der Waals surface area contributed by atoms with Crippen molar-refractivity contribution in [3.8, 4) is 17.3 Å². The van der Waals surface area contributed by atoms with Crippen molar-refractivity contribution in [2.75, 3.05) is 0 Å². The minimum absolute atomic E-state index is 0.150. The van der Waals surface area contributed by atoms with Crippen molar-refractivity contribution in [1.82, 2.24) is 4.57 Å². The Labute approximate surface area is 172 Å². The highest BCUT2D eigenvalue weighted by atomic mass is 35.5. The molecule has 0 N–H and O–H groups in total. The summed E-state index contributed by atoms with van der Waals surface area (Å²) in [6.45, 7) is 5.91. The molecule has 0 amide bonds. The van der Waals surface area contributed by atoms with Crippen LogP contribution in [-0.2, 0) is 11.9 Å². The normalized spacial score (nSPS) is 11.3. The lowest BCUT2D eigenvalue weighted by atomic mass is 10.0. The Morgan fingerprint density at radius 1 is 1.07 bits per heavy atom. The van der Waals surface area contributed by atoms with Crippen molar-refractivity contribution in [2.24, 2.45) is 0 Å². The highest BCUT2D eigenvalue weighted by molar-refractivity contribution is 6.22. The molecular weight excluding hydrogens is 394 g/mol. The van der Waals surface area contributed by atoms with Crippen LogP contribution < -0.4 is 5.56 Å². The molecule has 2 aromatic carbocycles. The molecule has 0 unspecified atom stereocenters. The molecule has 0 saturated heterocycles. The van der Waals surface area contributed by atoms with Crippen LogP contribution in [0.2, 0.25) is 0 Å². The summed E-state index contributed by atoms with van der Waals surface area (Å²) in [5.41, 5.74) is 2.49. The lowest BCUT2D eigenvalue weighted by molar-refractivity contribution is 0.0945. The van der Waals surface area contributed by atoms with Crippen molar-refractivity contribution < 1.29 is 8.78 Å². The Morgan fingerprint density at radius 3 is 2.34 bits per heavy atom. The Bertz CT molecular complexity index is 1190. The smallest absolute Gasteiger partial charge is 0.303 e. The molecule has 0 atom stereocenters. The van der Waals surface area contributed by atoms with Crippen molar-refractivity contribution in [3.63, 3.8) is 0 Å². The van der Waals surface area contributed by atoms with E-state index < -0.39 is 22.1 Å². The summed E-state index contributed by atoms with van der Waals surface area (Å²) in [6.07, 6.45) is 0. The zero-order valence-corrected chi connectivity index (χ0v) is 17.0. The number of pyridine rings is 1. The standard InChI is InChI=1S/C23H19ClF2N2O/c1-14-5-4-6-17(10-14)21-11-20(23(24,25)26)19(12-27)22(29)28(21)13-18-8-7-15(2)9-16(18)3/h4-11H,13H2,1-3H3. The Morgan fingerprint density at radius 2 is 1.76 bits per heavy atom. The third-order valence-corrected chi connectivity index (χ3v) is 5.06. The summed E-state index contributed by atoms with van der Waals surface area (Å²) < 4.78 is 29.3. The number of nitriles is 1. The number of benzene rings is 2. The molecule has 0 bridgehead atoms. The van der Waals surface area contributed by atoms with Gasteiger partial charge in [-0.1, -0.05) is 47.5 Å². The number of alkyl halides is 3. The monoisotopic (exact) mass is 412 g/mol. The molecule has 148 valence electrons. The van der Waals surface area contributed by atoms with Gasteiger partial charge in [0.2, 0.25) is 0 Å². The number of hydrogen-bond acceptors (Lipinski definition) is 2. The van der Waals surface area contributed by atoms with Crippen LogP contribution in [0.15, 0.2) is 53.3 Å². The van der Waals surface area contributed by atoms with Gasteiger partial charge in [0, 0.05) is 0 Å². The van der Waals surface area contributed by atoms with Crippen LogP contribution in [0.4, 0.5) is 8.78 Å². The van der Waals surface area contributed by atoms with Crippen LogP contribution >= 0.6 is 11.6 Å². The van der Waals surface area contributed by atoms with Gasteiger partial charge in [-0.2, -0.15) is 14.0 Å². The van der Waals surface area contributed by atoms with Crippen molar-refractivity contribution in [1.29, 1.82) is 5.26 Å². The van der Waals surface area contributed by atoms with E-state index in [1.54, 1.807) is 24.3 Å². The highest BCUT2D eigenvalue weighted by Gasteiger charge is 2.34. The van der Waals surface area contributed by atoms with E-state index in [-0.39, 0.29) is 12.2 Å². The van der Waals surface area contributed by atoms with Crippen molar-refractivity contribution in [2.45, 2.75) is 32.7 Å². The van der Waals surface area contributed by atoms with Crippen LogP contribution in [0.5, 0.6) is 0 Å². The Balaban J connectivity index is 2.33. The van der Waals surface area contributed by atoms with Gasteiger partial charge >= 0.3 is 5.38 Å². The predicted molar refractivity (Wildman–Crippen MR) is 110 cm³/mol. The van der Waals surface area contributed by atoms with E-state index in [1.807, 2.05) is 45.0 Å². The number of aromatic nitrogens is 1. The van der Waals surface area contributed by atoms with Crippen LogP contribution in [0.1, 0.15) is 33.4 Å². The van der Waals surface area contributed by atoms with Gasteiger partial charge in [0.15, 0.2) is 0 Å². The Hall–Kier alpha value is -2.97. The van der Waals surface area contributed by atoms with E-state index in [0.29, 0.717) is 5.56 Å². The molecule has 0 saturated carbocycles. The number of nitrogens with zero attached hydrogens (tertiary/aromatic N) is 2. The van der Waals surface area contributed by atoms with Gasteiger partial charge in [0.1, 0.15) is 11.6 Å². The van der Waals surface area contributed by atoms with E-state index in [0.717, 1.165) is 28.3 Å². The third kappa shape index (κ3) is 4.23. The molecule has 0 aliphatic heterocycles. The molecule has 1 aromatic heterocycles. The molecule has 0 fully saturated rings. The van der Waals surface area contributed by atoms with Gasteiger partial charge < -0.3 is 4.57 Å². The second kappa shape index (κ2) is 7.81. The maximum absolute atomic E-state index is 14.0. The summed E-state index contributed by atoms with van der Waals surface area (Å²) in [4.78, 5) is 13.1. The van der Waals surface area contributed by atoms with Gasteiger partial charge in [-0.3, -0.25) is 4.79 Å². The first-order valence-electron chi connectivity index (χ1n) is 9.00. The molecule has 3 rings (SSSR count). The first-order chi connectivity index (χ1) is 13.6. The minimum Gasteiger partial charge on any atom is -0.303 e. The maximum Gasteiger partial charge on any atom is 0.349 e. The molecule has 29 heavy (non-hydrogen) atoms. The molecule has 6 heteroatoms. The third-order valence-electron chi connectivity index (χ3n) is 4.86. The Kier molecular flexibility index (Phi) is 5.59. The fourth-order valence-corrected chi connectivity index (χ4v) is 3.52. The van der Waals surface area contributed by atoms with Gasteiger partial charge in [-0.05, 0) is 61.2 Å². The first-order valence-corrected chi connectivity index (χ1v) is 9.38. The van der Waals surface area contributed by atoms with Crippen LogP contribution in [0.3, 0.4) is 0 Å². The van der Waals surface area contributed by atoms with Crippen LogP contribution in [0.25, 0.3) is 11.3 Å². The largest absolute Gasteiger partial charge is 0.349 e. The predicted octanol–water partition coefficient (Wildman–Crippen LogP) is 5.65. The maximum atomic E-state index is 14.0. The summed E-state index contributed by atoms with van der Waals surface area (Å²) in [6, 6.07) is 15.8. The number of hydrogen-bond donors (Lipinski definition) is 0. The van der Waals surface area contributed by atoms with E-state index in [4.69, 9.17) is 11.6 Å². The summed E-state index contributed by atoms with van der Waals surface area (Å²) in [5.74, 6) is 0. The van der Waals surface area contributed by atoms with Crippen LogP contribution in [-0.4, -0.2) is 4.57 Å². The molecular formula is C23H19ClF2N2O. The number of aryl methyl sites for hydroxylation is 3. The summed E-state index contributed by atoms with van der Waals surface area (Å²) in [7, 11) is 0. The molecule has 0 spiro atoms. The molecule has 0 aliphatic rings. The highest BCUT2D eigenvalue weighted by Crippen LogP contribution is 2.36. The topological polar surface area (TPSA) is 45.8 Å². The van der Waals surface area contributed by atoms with Gasteiger partial charge in [0.05, 0.1) is 17.8 Å². The van der Waals surface area contributed by atoms with Crippen LogP contribution in [0, 0.1) is 32.1 Å². The molecule has 3 aromatic rings. The van der Waals surface area contributed by atoms with E-state index in [1.165, 1.54) is 4.57 Å². The quantitative estimate of drug-likeness (QED) is 0.520. The zero-order chi connectivity index (χ0) is 21.3. The van der Waals surface area contributed by atoms with E-state index in [2.05, 4.69) is 0 Å². The fourth-order valence-electron chi connectivity index (χ4n) is 3.37. The average Bonchev–Trinajstić information content (AvgIpc) is 2.64. The second-order valence-corrected chi connectivity index (χ2v) is 7.59. The zero-order valence-electron chi connectivity index (χ0n) is 16.3. The minimum atomic E-state index is -3.83. The van der Waals surface area contributed by atoms with Crippen molar-refractivity contribution in [3.05, 3.63) is 92.3 Å². The van der Waals surface area contributed by atoms with E-state index >= 15 is 0 Å².